The molecule has 2 atom stereocenters. The summed E-state index contributed by atoms with van der Waals surface area (Å²) in [6.07, 6.45) is 0. The number of hydrogen-bond acceptors (Lipinski definition) is 3. The average molecular weight is 1000 g/mol. The standard InChI is InChI=1S/C69H45N5Si2/c1-4-20-46(21-5-1)67-70-68(47-38-42-51(43-39-47)75(49-22-6-2-7-23-49)61-34-16-14-32-59(61)73-57-30-12-10-26-53(57)55-28-18-36-63(75)65(55)73)72-69(71-67)48-40-44-52(45-41-48)76(50-24-8-3-9-25-50)62-35-17-15-33-60(62)74-58-31-13-11-27-54(58)56-29-19-37-64(76)66(56)74/h1-45H. The molecule has 3 aromatic heterocycles. The number of benzene rings is 11. The van der Waals surface area contributed by atoms with E-state index in [2.05, 4.69) is 264 Å². The van der Waals surface area contributed by atoms with Crippen LogP contribution in [-0.4, -0.2) is 40.2 Å². The first-order valence-corrected chi connectivity index (χ1v) is 30.1. The maximum atomic E-state index is 5.37. The molecule has 76 heavy (non-hydrogen) atoms. The zero-order valence-electron chi connectivity index (χ0n) is 41.2. The second-order valence-corrected chi connectivity index (χ2v) is 27.7. The Morgan fingerprint density at radius 3 is 0.987 bits per heavy atom. The topological polar surface area (TPSA) is 48.5 Å². The zero-order chi connectivity index (χ0) is 50.0. The van der Waals surface area contributed by atoms with E-state index in [1.165, 1.54) is 96.5 Å². The second-order valence-electron chi connectivity index (χ2n) is 20.2. The van der Waals surface area contributed by atoms with Crippen molar-refractivity contribution in [2.45, 2.75) is 0 Å². The molecule has 0 bridgehead atoms. The molecule has 0 aliphatic carbocycles. The summed E-state index contributed by atoms with van der Waals surface area (Å²) in [5.74, 6) is 1.91. The number of aromatic nitrogens is 5. The van der Waals surface area contributed by atoms with Crippen LogP contribution in [0.15, 0.2) is 273 Å². The number of para-hydroxylation sites is 6. The van der Waals surface area contributed by atoms with Gasteiger partial charge >= 0.3 is 0 Å². The highest BCUT2D eigenvalue weighted by atomic mass is 28.3. The molecule has 11 aromatic carbocycles. The van der Waals surface area contributed by atoms with E-state index in [1.54, 1.807) is 0 Å². The quantitative estimate of drug-likeness (QED) is 0.150. The van der Waals surface area contributed by atoms with Gasteiger partial charge < -0.3 is 9.13 Å². The number of fused-ring (bicyclic) bond motifs is 10. The van der Waals surface area contributed by atoms with Crippen molar-refractivity contribution in [3.63, 3.8) is 0 Å². The fourth-order valence-electron chi connectivity index (χ4n) is 13.4. The Labute approximate surface area is 441 Å². The third-order valence-electron chi connectivity index (χ3n) is 16.5. The van der Waals surface area contributed by atoms with Crippen LogP contribution in [0.2, 0.25) is 0 Å². The molecule has 14 aromatic rings. The lowest BCUT2D eigenvalue weighted by Gasteiger charge is -2.39. The van der Waals surface area contributed by atoms with Crippen LogP contribution < -0.4 is 41.5 Å². The second kappa shape index (κ2) is 16.5. The highest BCUT2D eigenvalue weighted by Gasteiger charge is 2.49. The van der Waals surface area contributed by atoms with Gasteiger partial charge in [0, 0.05) is 49.6 Å². The molecule has 0 radical (unpaired) electrons. The lowest BCUT2D eigenvalue weighted by atomic mass is 10.1. The van der Waals surface area contributed by atoms with E-state index in [9.17, 15) is 0 Å². The molecule has 2 unspecified atom stereocenters. The monoisotopic (exact) mass is 999 g/mol. The molecule has 0 fully saturated rings. The molecule has 16 rings (SSSR count). The Balaban J connectivity index is 0.868. The summed E-state index contributed by atoms with van der Waals surface area (Å²) in [5.41, 5.74) is 10.4. The summed E-state index contributed by atoms with van der Waals surface area (Å²) in [7, 11) is -5.82. The van der Waals surface area contributed by atoms with Gasteiger partial charge in [-0.25, -0.2) is 15.0 Å². The van der Waals surface area contributed by atoms with Crippen LogP contribution in [0.1, 0.15) is 0 Å². The smallest absolute Gasteiger partial charge is 0.184 e. The van der Waals surface area contributed by atoms with Crippen molar-refractivity contribution in [2.24, 2.45) is 0 Å². The predicted molar refractivity (Wildman–Crippen MR) is 319 cm³/mol. The minimum atomic E-state index is -2.91. The average Bonchev–Trinajstić information content (AvgIpc) is 4.21. The Morgan fingerprint density at radius 1 is 0.237 bits per heavy atom. The highest BCUT2D eigenvalue weighted by molar-refractivity contribution is 7.22. The zero-order valence-corrected chi connectivity index (χ0v) is 43.2. The first-order valence-electron chi connectivity index (χ1n) is 26.1. The maximum Gasteiger partial charge on any atom is 0.184 e. The lowest BCUT2D eigenvalue weighted by molar-refractivity contribution is 1.07. The molecule has 0 N–H and O–H groups in total. The lowest BCUT2D eigenvalue weighted by Crippen LogP contribution is -2.76. The van der Waals surface area contributed by atoms with E-state index >= 15 is 0 Å². The van der Waals surface area contributed by atoms with E-state index in [0.29, 0.717) is 17.5 Å². The molecule has 354 valence electrons. The summed E-state index contributed by atoms with van der Waals surface area (Å²) in [6, 6.07) is 101. The van der Waals surface area contributed by atoms with Crippen molar-refractivity contribution in [3.05, 3.63) is 273 Å². The first-order chi connectivity index (χ1) is 37.7. The third kappa shape index (κ3) is 5.86. The van der Waals surface area contributed by atoms with Crippen LogP contribution in [0.25, 0.3) is 89.2 Å². The molecule has 0 saturated carbocycles. The van der Waals surface area contributed by atoms with Gasteiger partial charge in [-0.15, -0.1) is 0 Å². The van der Waals surface area contributed by atoms with Crippen LogP contribution in [0, 0.1) is 0 Å². The predicted octanol–water partition coefficient (Wildman–Crippen LogP) is 10.4. The van der Waals surface area contributed by atoms with E-state index in [-0.39, 0.29) is 0 Å². The summed E-state index contributed by atoms with van der Waals surface area (Å²) in [4.78, 5) is 15.9. The van der Waals surface area contributed by atoms with Crippen molar-refractivity contribution in [2.75, 3.05) is 0 Å². The molecule has 0 saturated heterocycles. The molecule has 2 aliphatic heterocycles. The van der Waals surface area contributed by atoms with Crippen LogP contribution in [0.5, 0.6) is 0 Å². The fourth-order valence-corrected chi connectivity index (χ4v) is 23.6. The Morgan fingerprint density at radius 2 is 0.553 bits per heavy atom. The van der Waals surface area contributed by atoms with Crippen molar-refractivity contribution < 1.29 is 0 Å². The third-order valence-corrected chi connectivity index (χ3v) is 26.2. The Bertz CT molecular complexity index is 4350. The van der Waals surface area contributed by atoms with Crippen LogP contribution in [0.4, 0.5) is 0 Å². The van der Waals surface area contributed by atoms with Gasteiger partial charge in [0.2, 0.25) is 0 Å². The summed E-state index contributed by atoms with van der Waals surface area (Å²) < 4.78 is 5.03. The normalized spacial score (nSPS) is 16.3. The number of rotatable bonds is 7. The van der Waals surface area contributed by atoms with Crippen molar-refractivity contribution in [3.8, 4) is 45.5 Å². The van der Waals surface area contributed by atoms with Gasteiger partial charge in [-0.3, -0.25) is 0 Å². The molecule has 5 nitrogen and oxygen atoms in total. The molecule has 7 heteroatoms. The Kier molecular flexibility index (Phi) is 9.31. The summed E-state index contributed by atoms with van der Waals surface area (Å²) >= 11 is 0. The van der Waals surface area contributed by atoms with Crippen LogP contribution in [-0.2, 0) is 0 Å². The van der Waals surface area contributed by atoms with Gasteiger partial charge in [0.1, 0.15) is 0 Å². The summed E-state index contributed by atoms with van der Waals surface area (Å²) in [6.45, 7) is 0. The molecule has 0 spiro atoms. The van der Waals surface area contributed by atoms with Gasteiger partial charge in [0.15, 0.2) is 33.6 Å². The molecule has 0 amide bonds. The number of hydrogen-bond donors (Lipinski definition) is 0. The van der Waals surface area contributed by atoms with Crippen LogP contribution in [0.3, 0.4) is 0 Å². The van der Waals surface area contributed by atoms with Gasteiger partial charge in [-0.1, -0.05) is 249 Å². The fraction of sp³-hybridized carbons (Fsp3) is 0. The highest BCUT2D eigenvalue weighted by Crippen LogP contribution is 2.37. The first kappa shape index (κ1) is 42.9. The van der Waals surface area contributed by atoms with Gasteiger partial charge in [-0.05, 0) is 65.8 Å². The molecule has 2 aliphatic rings. The minimum absolute atomic E-state index is 0.636. The Hall–Kier alpha value is -9.54. The van der Waals surface area contributed by atoms with Crippen molar-refractivity contribution >= 4 is 101 Å². The van der Waals surface area contributed by atoms with Crippen LogP contribution >= 0.6 is 0 Å². The maximum absolute atomic E-state index is 5.37. The molecule has 5 heterocycles. The van der Waals surface area contributed by atoms with E-state index in [0.717, 1.165) is 16.7 Å². The summed E-state index contributed by atoms with van der Waals surface area (Å²) in [5, 5.41) is 16.0. The van der Waals surface area contributed by atoms with E-state index < -0.39 is 16.1 Å². The van der Waals surface area contributed by atoms with E-state index in [4.69, 9.17) is 15.0 Å². The largest absolute Gasteiger partial charge is 0.309 e. The van der Waals surface area contributed by atoms with E-state index in [1.807, 2.05) is 18.2 Å². The van der Waals surface area contributed by atoms with Crippen molar-refractivity contribution in [1.29, 1.82) is 0 Å². The van der Waals surface area contributed by atoms with Crippen molar-refractivity contribution in [1.82, 2.24) is 24.1 Å². The number of nitrogens with zero attached hydrogens (tertiary/aromatic N) is 5. The van der Waals surface area contributed by atoms with Gasteiger partial charge in [0.25, 0.3) is 0 Å². The molecular weight excluding hydrogens is 955 g/mol. The molecular formula is C69H45N5Si2. The van der Waals surface area contributed by atoms with Gasteiger partial charge in [-0.2, -0.15) is 0 Å². The van der Waals surface area contributed by atoms with Gasteiger partial charge in [0.05, 0.1) is 22.1 Å². The SMILES string of the molecule is c1ccc(-c2nc(-c3ccc([Si]4(c5ccccc5)c5ccccc5-n5c6ccccc6c6cccc4c65)cc3)nc(-c3ccc([Si]4(c5ccccc5)c5ccccc5-n5c6ccccc6c6cccc4c65)cc3)n2)cc1. The minimum Gasteiger partial charge on any atom is -0.309 e.